The summed E-state index contributed by atoms with van der Waals surface area (Å²) in [5.74, 6) is 0. The Morgan fingerprint density at radius 1 is 1.33 bits per heavy atom. The average Bonchev–Trinajstić information content (AvgIpc) is 2.99. The maximum Gasteiger partial charge on any atom is 0.185 e. The number of nitrogens with one attached hydrogen (secondary N) is 1. The average molecular weight is 267 g/mol. The first kappa shape index (κ1) is 13.8. The van der Waals surface area contributed by atoms with E-state index in [1.165, 1.54) is 30.6 Å². The van der Waals surface area contributed by atoms with Crippen LogP contribution in [0.4, 0.5) is 5.13 Å². The zero-order valence-electron chi connectivity index (χ0n) is 11.8. The quantitative estimate of drug-likeness (QED) is 0.856. The first-order chi connectivity index (χ1) is 8.67. The Morgan fingerprint density at radius 3 is 2.61 bits per heavy atom. The molecule has 1 aromatic rings. The third-order valence-electron chi connectivity index (χ3n) is 3.97. The molecule has 1 saturated carbocycles. The van der Waals surface area contributed by atoms with Crippen LogP contribution in [0.5, 0.6) is 0 Å². The van der Waals surface area contributed by atoms with Gasteiger partial charge in [-0.3, -0.25) is 0 Å². The molecular formula is C14H25N3S. The molecule has 0 aliphatic heterocycles. The molecule has 2 rings (SSSR count). The Labute approximate surface area is 115 Å². The van der Waals surface area contributed by atoms with E-state index in [4.69, 9.17) is 0 Å². The topological polar surface area (TPSA) is 28.2 Å². The molecule has 0 unspecified atom stereocenters. The van der Waals surface area contributed by atoms with Gasteiger partial charge in [-0.25, -0.2) is 4.98 Å². The predicted molar refractivity (Wildman–Crippen MR) is 79.4 cm³/mol. The number of rotatable bonds is 6. The number of hydrogen-bond acceptors (Lipinski definition) is 4. The lowest BCUT2D eigenvalue weighted by Gasteiger charge is -2.24. The fraction of sp³-hybridized carbons (Fsp3) is 0.786. The summed E-state index contributed by atoms with van der Waals surface area (Å²) < 4.78 is 0. The van der Waals surface area contributed by atoms with Gasteiger partial charge in [-0.15, -0.1) is 11.3 Å². The van der Waals surface area contributed by atoms with E-state index < -0.39 is 0 Å². The van der Waals surface area contributed by atoms with Crippen molar-refractivity contribution in [2.75, 3.05) is 18.0 Å². The van der Waals surface area contributed by atoms with Crippen LogP contribution in [-0.2, 0) is 6.54 Å². The Kier molecular flexibility index (Phi) is 4.62. The fourth-order valence-corrected chi connectivity index (χ4v) is 3.63. The molecule has 18 heavy (non-hydrogen) atoms. The Bertz CT molecular complexity index is 365. The maximum absolute atomic E-state index is 4.53. The minimum Gasteiger partial charge on any atom is -0.349 e. The minimum absolute atomic E-state index is 0.360. The Hall–Kier alpha value is -0.610. The molecule has 1 N–H and O–H groups in total. The molecule has 102 valence electrons. The number of nitrogens with zero attached hydrogens (tertiary/aromatic N) is 2. The highest BCUT2D eigenvalue weighted by atomic mass is 32.1. The van der Waals surface area contributed by atoms with E-state index in [1.54, 1.807) is 0 Å². The van der Waals surface area contributed by atoms with Gasteiger partial charge in [-0.05, 0) is 33.6 Å². The van der Waals surface area contributed by atoms with Gasteiger partial charge in [-0.1, -0.05) is 12.8 Å². The maximum atomic E-state index is 4.53. The van der Waals surface area contributed by atoms with Gasteiger partial charge >= 0.3 is 0 Å². The van der Waals surface area contributed by atoms with E-state index in [1.807, 2.05) is 17.5 Å². The van der Waals surface area contributed by atoms with Gasteiger partial charge in [0.25, 0.3) is 0 Å². The van der Waals surface area contributed by atoms with Gasteiger partial charge < -0.3 is 10.2 Å². The molecule has 1 aromatic heterocycles. The molecule has 1 fully saturated rings. The van der Waals surface area contributed by atoms with Gasteiger partial charge in [0.15, 0.2) is 5.13 Å². The van der Waals surface area contributed by atoms with Crippen LogP contribution in [0.3, 0.4) is 0 Å². The molecule has 1 aliphatic rings. The number of anilines is 1. The van der Waals surface area contributed by atoms with Crippen molar-refractivity contribution in [3.63, 3.8) is 0 Å². The highest BCUT2D eigenvalue weighted by Gasteiger charge is 2.27. The van der Waals surface area contributed by atoms with Crippen LogP contribution in [0.15, 0.2) is 6.20 Å². The summed E-state index contributed by atoms with van der Waals surface area (Å²) in [6.45, 7) is 9.76. The molecule has 1 heterocycles. The molecule has 3 nitrogen and oxygen atoms in total. The highest BCUT2D eigenvalue weighted by molar-refractivity contribution is 7.15. The number of hydrogen-bond donors (Lipinski definition) is 1. The molecule has 0 atom stereocenters. The summed E-state index contributed by atoms with van der Waals surface area (Å²) in [5, 5.41) is 4.87. The second-order valence-corrected chi connectivity index (χ2v) is 6.50. The van der Waals surface area contributed by atoms with Crippen LogP contribution in [0.1, 0.15) is 51.3 Å². The van der Waals surface area contributed by atoms with Crippen LogP contribution in [-0.4, -0.2) is 23.6 Å². The van der Waals surface area contributed by atoms with Crippen molar-refractivity contribution in [1.29, 1.82) is 0 Å². The minimum atomic E-state index is 0.360. The molecule has 0 spiro atoms. The smallest absolute Gasteiger partial charge is 0.185 e. The van der Waals surface area contributed by atoms with Crippen molar-refractivity contribution in [3.05, 3.63) is 11.1 Å². The van der Waals surface area contributed by atoms with Crippen molar-refractivity contribution in [3.8, 4) is 0 Å². The third kappa shape index (κ3) is 3.23. The number of thiazole rings is 1. The zero-order chi connectivity index (χ0) is 13.0. The largest absolute Gasteiger partial charge is 0.349 e. The molecule has 0 aromatic carbocycles. The van der Waals surface area contributed by atoms with E-state index in [9.17, 15) is 0 Å². The van der Waals surface area contributed by atoms with Gasteiger partial charge in [0.1, 0.15) is 0 Å². The zero-order valence-corrected chi connectivity index (χ0v) is 12.6. The SMILES string of the molecule is CCN(CC)c1ncc(CNC2(C)CCCC2)s1. The lowest BCUT2D eigenvalue weighted by atomic mass is 10.0. The second-order valence-electron chi connectivity index (χ2n) is 5.40. The second kappa shape index (κ2) is 6.02. The summed E-state index contributed by atoms with van der Waals surface area (Å²) in [4.78, 5) is 8.19. The van der Waals surface area contributed by atoms with Crippen LogP contribution in [0.2, 0.25) is 0 Å². The van der Waals surface area contributed by atoms with Crippen molar-refractivity contribution in [2.45, 2.75) is 58.5 Å². The van der Waals surface area contributed by atoms with Gasteiger partial charge in [0, 0.05) is 36.2 Å². The van der Waals surface area contributed by atoms with Crippen molar-refractivity contribution >= 4 is 16.5 Å². The summed E-state index contributed by atoms with van der Waals surface area (Å²) in [7, 11) is 0. The summed E-state index contributed by atoms with van der Waals surface area (Å²) in [6.07, 6.45) is 7.40. The van der Waals surface area contributed by atoms with Crippen LogP contribution < -0.4 is 10.2 Å². The predicted octanol–water partition coefficient (Wildman–Crippen LogP) is 3.41. The number of aromatic nitrogens is 1. The Balaban J connectivity index is 1.90. The molecule has 1 aliphatic carbocycles. The summed E-state index contributed by atoms with van der Waals surface area (Å²) in [5.41, 5.74) is 0.360. The molecular weight excluding hydrogens is 242 g/mol. The first-order valence-electron chi connectivity index (χ1n) is 7.11. The highest BCUT2D eigenvalue weighted by Crippen LogP contribution is 2.30. The Morgan fingerprint density at radius 2 is 2.00 bits per heavy atom. The molecule has 0 saturated heterocycles. The lowest BCUT2D eigenvalue weighted by Crippen LogP contribution is -2.38. The van der Waals surface area contributed by atoms with E-state index in [0.29, 0.717) is 5.54 Å². The van der Waals surface area contributed by atoms with Crippen molar-refractivity contribution < 1.29 is 0 Å². The van der Waals surface area contributed by atoms with Gasteiger partial charge in [0.2, 0.25) is 0 Å². The van der Waals surface area contributed by atoms with Gasteiger partial charge in [-0.2, -0.15) is 0 Å². The third-order valence-corrected chi connectivity index (χ3v) is 5.03. The molecule has 0 bridgehead atoms. The van der Waals surface area contributed by atoms with E-state index in [2.05, 4.69) is 36.0 Å². The van der Waals surface area contributed by atoms with Crippen LogP contribution in [0, 0.1) is 0 Å². The molecule has 4 heteroatoms. The fourth-order valence-electron chi connectivity index (χ4n) is 2.65. The summed E-state index contributed by atoms with van der Waals surface area (Å²) >= 11 is 1.82. The molecule has 0 amide bonds. The van der Waals surface area contributed by atoms with E-state index >= 15 is 0 Å². The van der Waals surface area contributed by atoms with Gasteiger partial charge in [0.05, 0.1) is 0 Å². The van der Waals surface area contributed by atoms with Crippen LogP contribution in [0.25, 0.3) is 0 Å². The lowest BCUT2D eigenvalue weighted by molar-refractivity contribution is 0.364. The van der Waals surface area contributed by atoms with E-state index in [-0.39, 0.29) is 0 Å². The van der Waals surface area contributed by atoms with Crippen molar-refractivity contribution in [2.24, 2.45) is 0 Å². The van der Waals surface area contributed by atoms with Crippen molar-refractivity contribution in [1.82, 2.24) is 10.3 Å². The normalized spacial score (nSPS) is 18.2. The van der Waals surface area contributed by atoms with Crippen LogP contribution >= 0.6 is 11.3 Å². The standard InChI is InChI=1S/C14H25N3S/c1-4-17(5-2)13-15-10-12(18-13)11-16-14(3)8-6-7-9-14/h10,16H,4-9,11H2,1-3H3. The molecule has 0 radical (unpaired) electrons. The monoisotopic (exact) mass is 267 g/mol. The first-order valence-corrected chi connectivity index (χ1v) is 7.93. The van der Waals surface area contributed by atoms with E-state index in [0.717, 1.165) is 24.8 Å². The summed E-state index contributed by atoms with van der Waals surface area (Å²) in [6, 6.07) is 0.